The molecule has 1 fully saturated rings. The smallest absolute Gasteiger partial charge is 0.306 e. The minimum Gasteiger partial charge on any atom is -0.496 e. The van der Waals surface area contributed by atoms with Gasteiger partial charge in [0.15, 0.2) is 0 Å². The molecular formula is C34H34FN3O4. The highest BCUT2D eigenvalue weighted by Crippen LogP contribution is 2.38. The number of aromatic nitrogens is 1. The highest BCUT2D eigenvalue weighted by atomic mass is 19.1. The van der Waals surface area contributed by atoms with Crippen molar-refractivity contribution in [3.63, 3.8) is 0 Å². The van der Waals surface area contributed by atoms with Crippen molar-refractivity contribution in [3.8, 4) is 28.0 Å². The molecule has 3 aromatic carbocycles. The van der Waals surface area contributed by atoms with Crippen LogP contribution in [0.2, 0.25) is 0 Å². The van der Waals surface area contributed by atoms with Crippen LogP contribution < -0.4 is 10.1 Å². The number of methoxy groups -OCH3 is 1. The number of ether oxygens (including phenoxy) is 1. The quantitative estimate of drug-likeness (QED) is 0.245. The van der Waals surface area contributed by atoms with E-state index in [1.165, 1.54) is 7.11 Å². The van der Waals surface area contributed by atoms with Gasteiger partial charge in [0.05, 0.1) is 13.0 Å². The zero-order chi connectivity index (χ0) is 29.8. The van der Waals surface area contributed by atoms with Crippen LogP contribution in [0.3, 0.4) is 0 Å². The molecule has 216 valence electrons. The van der Waals surface area contributed by atoms with Crippen LogP contribution in [0, 0.1) is 25.6 Å². The molecular weight excluding hydrogens is 533 g/mol. The largest absolute Gasteiger partial charge is 0.496 e. The Bertz CT molecular complexity index is 1620. The first-order valence-corrected chi connectivity index (χ1v) is 14.0. The summed E-state index contributed by atoms with van der Waals surface area (Å²) in [6, 6.07) is 20.3. The van der Waals surface area contributed by atoms with Crippen LogP contribution in [0.1, 0.15) is 40.0 Å². The molecule has 2 heterocycles. The lowest BCUT2D eigenvalue weighted by atomic mass is 9.90. The Hall–Kier alpha value is -4.56. The van der Waals surface area contributed by atoms with Crippen LogP contribution in [-0.4, -0.2) is 47.1 Å². The molecule has 7 nitrogen and oxygen atoms in total. The number of pyridine rings is 1. The van der Waals surface area contributed by atoms with Crippen LogP contribution in [0.4, 0.5) is 10.1 Å². The Morgan fingerprint density at radius 2 is 1.67 bits per heavy atom. The Kier molecular flexibility index (Phi) is 8.64. The van der Waals surface area contributed by atoms with Crippen molar-refractivity contribution in [2.24, 2.45) is 5.92 Å². The first kappa shape index (κ1) is 29.0. The van der Waals surface area contributed by atoms with E-state index in [9.17, 15) is 14.7 Å². The van der Waals surface area contributed by atoms with Gasteiger partial charge in [0.25, 0.3) is 5.91 Å². The lowest BCUT2D eigenvalue weighted by Crippen LogP contribution is -2.36. The number of benzene rings is 3. The van der Waals surface area contributed by atoms with E-state index in [-0.39, 0.29) is 17.6 Å². The van der Waals surface area contributed by atoms with E-state index in [1.807, 2.05) is 56.3 Å². The number of carboxylic acid groups (broad SMARTS) is 1. The molecule has 1 saturated heterocycles. The standard InChI is InChI=1S/C34H34FN3O4/c1-21-25(24-18-29(35)28(32(19-24)42-3)20-38-16-13-23(14-17-38)34(40)41)8-6-9-26(21)27-10-7-12-30(22(27)2)37-33(39)31-11-4-5-15-36-31/h4-12,15,18-19,23H,13-14,16-17,20H2,1-3H3,(H,37,39)(H,40,41). The van der Waals surface area contributed by atoms with Crippen molar-refractivity contribution < 1.29 is 23.8 Å². The number of hydrogen-bond acceptors (Lipinski definition) is 5. The summed E-state index contributed by atoms with van der Waals surface area (Å²) in [5.41, 5.74) is 6.89. The number of likely N-dealkylation sites (tertiary alicyclic amines) is 1. The van der Waals surface area contributed by atoms with Crippen molar-refractivity contribution in [3.05, 3.63) is 101 Å². The van der Waals surface area contributed by atoms with E-state index in [4.69, 9.17) is 4.74 Å². The van der Waals surface area contributed by atoms with Gasteiger partial charge in [-0.05, 0) is 103 Å². The van der Waals surface area contributed by atoms with Crippen molar-refractivity contribution in [2.75, 3.05) is 25.5 Å². The van der Waals surface area contributed by atoms with Crippen LogP contribution in [-0.2, 0) is 11.3 Å². The number of carboxylic acids is 1. The van der Waals surface area contributed by atoms with Crippen LogP contribution in [0.5, 0.6) is 5.75 Å². The van der Waals surface area contributed by atoms with Gasteiger partial charge in [-0.3, -0.25) is 19.5 Å². The van der Waals surface area contributed by atoms with Crippen LogP contribution in [0.25, 0.3) is 22.3 Å². The van der Waals surface area contributed by atoms with E-state index in [2.05, 4.69) is 15.2 Å². The predicted octanol–water partition coefficient (Wildman–Crippen LogP) is 6.73. The van der Waals surface area contributed by atoms with Gasteiger partial charge >= 0.3 is 5.97 Å². The minimum atomic E-state index is -0.767. The van der Waals surface area contributed by atoms with Gasteiger partial charge in [-0.25, -0.2) is 4.39 Å². The second-order valence-corrected chi connectivity index (χ2v) is 10.7. The van der Waals surface area contributed by atoms with Crippen LogP contribution >= 0.6 is 0 Å². The molecule has 8 heteroatoms. The number of hydrogen-bond donors (Lipinski definition) is 2. The number of nitrogens with zero attached hydrogens (tertiary/aromatic N) is 2. The number of carbonyl (C=O) groups excluding carboxylic acids is 1. The van der Waals surface area contributed by atoms with Gasteiger partial charge in [-0.15, -0.1) is 0 Å². The average molecular weight is 568 g/mol. The molecule has 1 aromatic heterocycles. The minimum absolute atomic E-state index is 0.282. The second-order valence-electron chi connectivity index (χ2n) is 10.7. The molecule has 0 spiro atoms. The first-order chi connectivity index (χ1) is 20.3. The van der Waals surface area contributed by atoms with E-state index in [1.54, 1.807) is 30.5 Å². The van der Waals surface area contributed by atoms with Gasteiger partial charge in [0.2, 0.25) is 0 Å². The summed E-state index contributed by atoms with van der Waals surface area (Å²) in [6.07, 6.45) is 2.69. The molecule has 0 atom stereocenters. The van der Waals surface area contributed by atoms with Gasteiger partial charge in [0, 0.05) is 24.0 Å². The fourth-order valence-corrected chi connectivity index (χ4v) is 5.65. The van der Waals surface area contributed by atoms with E-state index < -0.39 is 5.97 Å². The Labute approximate surface area is 245 Å². The number of rotatable bonds is 8. The maximum Gasteiger partial charge on any atom is 0.306 e. The molecule has 2 N–H and O–H groups in total. The molecule has 5 rings (SSSR count). The number of halogens is 1. The number of amides is 1. The SMILES string of the molecule is COc1cc(-c2cccc(-c3cccc(NC(=O)c4ccccn4)c3C)c2C)cc(F)c1CN1CCC(C(=O)O)CC1. The summed E-state index contributed by atoms with van der Waals surface area (Å²) >= 11 is 0. The topological polar surface area (TPSA) is 91.8 Å². The summed E-state index contributed by atoms with van der Waals surface area (Å²) in [7, 11) is 1.54. The maximum absolute atomic E-state index is 15.6. The summed E-state index contributed by atoms with van der Waals surface area (Å²) in [4.78, 5) is 30.3. The first-order valence-electron chi connectivity index (χ1n) is 14.0. The van der Waals surface area contributed by atoms with Gasteiger partial charge in [-0.1, -0.05) is 36.4 Å². The Balaban J connectivity index is 1.43. The highest BCUT2D eigenvalue weighted by Gasteiger charge is 2.26. The molecule has 0 radical (unpaired) electrons. The van der Waals surface area contributed by atoms with Crippen molar-refractivity contribution in [1.29, 1.82) is 0 Å². The summed E-state index contributed by atoms with van der Waals surface area (Å²) < 4.78 is 21.3. The fraction of sp³-hybridized carbons (Fsp3) is 0.265. The molecule has 1 aliphatic heterocycles. The summed E-state index contributed by atoms with van der Waals surface area (Å²) in [6.45, 7) is 5.53. The van der Waals surface area contributed by atoms with Crippen molar-refractivity contribution in [2.45, 2.75) is 33.2 Å². The van der Waals surface area contributed by atoms with E-state index in [0.29, 0.717) is 60.7 Å². The number of carbonyl (C=O) groups is 2. The third-order valence-corrected chi connectivity index (χ3v) is 8.11. The third-order valence-electron chi connectivity index (χ3n) is 8.11. The number of aliphatic carboxylic acids is 1. The second kappa shape index (κ2) is 12.5. The lowest BCUT2D eigenvalue weighted by Gasteiger charge is -2.30. The number of nitrogens with one attached hydrogen (secondary N) is 1. The van der Waals surface area contributed by atoms with E-state index >= 15 is 4.39 Å². The van der Waals surface area contributed by atoms with Gasteiger partial charge < -0.3 is 15.2 Å². The number of piperidine rings is 1. The monoisotopic (exact) mass is 567 g/mol. The maximum atomic E-state index is 15.6. The van der Waals surface area contributed by atoms with Crippen molar-refractivity contribution >= 4 is 17.6 Å². The lowest BCUT2D eigenvalue weighted by molar-refractivity contribution is -0.143. The van der Waals surface area contributed by atoms with Crippen LogP contribution in [0.15, 0.2) is 72.9 Å². The average Bonchev–Trinajstić information content (AvgIpc) is 3.00. The summed E-state index contributed by atoms with van der Waals surface area (Å²) in [5.74, 6) is -1.28. The van der Waals surface area contributed by atoms with E-state index in [0.717, 1.165) is 27.8 Å². The molecule has 0 unspecified atom stereocenters. The van der Waals surface area contributed by atoms with Gasteiger partial charge in [0.1, 0.15) is 17.3 Å². The molecule has 0 bridgehead atoms. The Morgan fingerprint density at radius 3 is 2.33 bits per heavy atom. The molecule has 42 heavy (non-hydrogen) atoms. The zero-order valence-electron chi connectivity index (χ0n) is 24.0. The van der Waals surface area contributed by atoms with Crippen molar-refractivity contribution in [1.82, 2.24) is 9.88 Å². The molecule has 0 saturated carbocycles. The highest BCUT2D eigenvalue weighted by molar-refractivity contribution is 6.03. The Morgan fingerprint density at radius 1 is 0.976 bits per heavy atom. The molecule has 4 aromatic rings. The third kappa shape index (κ3) is 6.04. The normalized spacial score (nSPS) is 14.0. The molecule has 0 aliphatic carbocycles. The zero-order valence-corrected chi connectivity index (χ0v) is 24.0. The number of anilines is 1. The molecule has 1 amide bonds. The summed E-state index contributed by atoms with van der Waals surface area (Å²) in [5, 5.41) is 12.3. The molecule has 1 aliphatic rings. The predicted molar refractivity (Wildman–Crippen MR) is 161 cm³/mol. The fourth-order valence-electron chi connectivity index (χ4n) is 5.65. The van der Waals surface area contributed by atoms with Gasteiger partial charge in [-0.2, -0.15) is 0 Å².